The predicted octanol–water partition coefficient (Wildman–Crippen LogP) is 2.95. The van der Waals surface area contributed by atoms with Crippen LogP contribution in [0.2, 0.25) is 0 Å². The monoisotopic (exact) mass is 327 g/mol. The number of carbonyl (C=O) groups is 1. The van der Waals surface area contributed by atoms with E-state index in [9.17, 15) is 9.59 Å². The molecule has 0 aliphatic rings. The number of aryl methyl sites for hydroxylation is 1. The van der Waals surface area contributed by atoms with Crippen LogP contribution in [0.15, 0.2) is 46.8 Å². The summed E-state index contributed by atoms with van der Waals surface area (Å²) in [5.74, 6) is -0.393. The number of amides is 1. The van der Waals surface area contributed by atoms with Gasteiger partial charge in [-0.3, -0.25) is 14.0 Å². The van der Waals surface area contributed by atoms with Crippen molar-refractivity contribution in [2.75, 3.05) is 0 Å². The van der Waals surface area contributed by atoms with E-state index in [2.05, 4.69) is 10.3 Å². The smallest absolute Gasteiger partial charge is 0.271 e. The second-order valence-corrected chi connectivity index (χ2v) is 6.25. The molecular formula is C17H17N3O2S. The molecule has 1 unspecified atom stereocenters. The highest BCUT2D eigenvalue weighted by Crippen LogP contribution is 2.17. The molecule has 1 N–H and O–H groups in total. The van der Waals surface area contributed by atoms with Crippen LogP contribution in [-0.2, 0) is 0 Å². The zero-order valence-electron chi connectivity index (χ0n) is 12.9. The molecule has 2 heterocycles. The number of aromatic nitrogens is 2. The molecule has 0 aliphatic heterocycles. The van der Waals surface area contributed by atoms with Crippen molar-refractivity contribution in [2.45, 2.75) is 26.3 Å². The van der Waals surface area contributed by atoms with Gasteiger partial charge in [-0.25, -0.2) is 4.98 Å². The number of carbonyl (C=O) groups excluding carboxylic acids is 1. The lowest BCUT2D eigenvalue weighted by Crippen LogP contribution is -2.33. The number of rotatable bonds is 4. The van der Waals surface area contributed by atoms with Crippen LogP contribution in [0, 0.1) is 6.92 Å². The molecule has 0 saturated heterocycles. The fraction of sp³-hybridized carbons (Fsp3) is 0.235. The first-order valence-corrected chi connectivity index (χ1v) is 8.30. The van der Waals surface area contributed by atoms with Crippen molar-refractivity contribution in [3.63, 3.8) is 0 Å². The van der Waals surface area contributed by atoms with E-state index >= 15 is 0 Å². The Kier molecular flexibility index (Phi) is 4.25. The van der Waals surface area contributed by atoms with Crippen molar-refractivity contribution >= 4 is 22.2 Å². The minimum Gasteiger partial charge on any atom is -0.345 e. The molecule has 6 heteroatoms. The average Bonchev–Trinajstić information content (AvgIpc) is 3.03. The third-order valence-electron chi connectivity index (χ3n) is 3.78. The van der Waals surface area contributed by atoms with Gasteiger partial charge in [0.05, 0.1) is 6.04 Å². The fourth-order valence-corrected chi connectivity index (χ4v) is 3.11. The third kappa shape index (κ3) is 3.03. The van der Waals surface area contributed by atoms with Gasteiger partial charge in [0.15, 0.2) is 4.96 Å². The maximum absolute atomic E-state index is 12.5. The molecule has 23 heavy (non-hydrogen) atoms. The Labute approximate surface area is 137 Å². The normalized spacial score (nSPS) is 12.3. The number of nitrogens with one attached hydrogen (secondary N) is 1. The van der Waals surface area contributed by atoms with Gasteiger partial charge in [-0.05, 0) is 18.9 Å². The van der Waals surface area contributed by atoms with Gasteiger partial charge in [-0.2, -0.15) is 0 Å². The minimum absolute atomic E-state index is 0.0615. The largest absolute Gasteiger partial charge is 0.345 e. The summed E-state index contributed by atoms with van der Waals surface area (Å²) >= 11 is 1.36. The Balaban J connectivity index is 1.88. The van der Waals surface area contributed by atoms with Crippen LogP contribution in [0.5, 0.6) is 0 Å². The third-order valence-corrected chi connectivity index (χ3v) is 4.55. The lowest BCUT2D eigenvalue weighted by molar-refractivity contribution is 0.0933. The Morgan fingerprint density at radius 1 is 1.35 bits per heavy atom. The van der Waals surface area contributed by atoms with Crippen molar-refractivity contribution in [2.24, 2.45) is 0 Å². The Morgan fingerprint density at radius 2 is 2.09 bits per heavy atom. The summed E-state index contributed by atoms with van der Waals surface area (Å²) in [7, 11) is 0. The van der Waals surface area contributed by atoms with Crippen LogP contribution in [-0.4, -0.2) is 15.3 Å². The SMILES string of the molecule is CCC(NC(=O)c1cnc2sccn2c1=O)c1ccc(C)cc1. The van der Waals surface area contributed by atoms with Crippen molar-refractivity contribution < 1.29 is 4.79 Å². The van der Waals surface area contributed by atoms with Crippen LogP contribution in [0.4, 0.5) is 0 Å². The van der Waals surface area contributed by atoms with E-state index in [1.54, 1.807) is 11.6 Å². The van der Waals surface area contributed by atoms with Crippen molar-refractivity contribution in [1.29, 1.82) is 0 Å². The molecule has 3 rings (SSSR count). The van der Waals surface area contributed by atoms with Gasteiger partial charge in [0.25, 0.3) is 11.5 Å². The molecule has 0 aliphatic carbocycles. The van der Waals surface area contributed by atoms with Crippen LogP contribution < -0.4 is 10.9 Å². The molecule has 2 aromatic heterocycles. The first-order chi connectivity index (χ1) is 11.1. The van der Waals surface area contributed by atoms with E-state index in [-0.39, 0.29) is 17.2 Å². The summed E-state index contributed by atoms with van der Waals surface area (Å²) < 4.78 is 1.40. The zero-order valence-corrected chi connectivity index (χ0v) is 13.8. The topological polar surface area (TPSA) is 63.5 Å². The van der Waals surface area contributed by atoms with E-state index in [0.29, 0.717) is 4.96 Å². The van der Waals surface area contributed by atoms with Crippen molar-refractivity contribution in [3.05, 3.63) is 69.1 Å². The van der Waals surface area contributed by atoms with Crippen LogP contribution >= 0.6 is 11.3 Å². The highest BCUT2D eigenvalue weighted by Gasteiger charge is 2.18. The summed E-state index contributed by atoms with van der Waals surface area (Å²) in [4.78, 5) is 29.6. The van der Waals surface area contributed by atoms with Gasteiger partial charge in [-0.1, -0.05) is 36.8 Å². The molecule has 1 aromatic carbocycles. The molecule has 0 spiro atoms. The first kappa shape index (κ1) is 15.4. The number of fused-ring (bicyclic) bond motifs is 1. The lowest BCUT2D eigenvalue weighted by Gasteiger charge is -2.17. The maximum atomic E-state index is 12.5. The molecule has 1 amide bonds. The predicted molar refractivity (Wildman–Crippen MR) is 91.0 cm³/mol. The minimum atomic E-state index is -0.393. The van der Waals surface area contributed by atoms with Crippen molar-refractivity contribution in [1.82, 2.24) is 14.7 Å². The van der Waals surface area contributed by atoms with Gasteiger partial charge in [-0.15, -0.1) is 11.3 Å². The molecule has 3 aromatic rings. The van der Waals surface area contributed by atoms with Gasteiger partial charge < -0.3 is 5.32 Å². The molecular weight excluding hydrogens is 310 g/mol. The number of benzene rings is 1. The molecule has 0 bridgehead atoms. The average molecular weight is 327 g/mol. The van der Waals surface area contributed by atoms with E-state index < -0.39 is 5.91 Å². The molecule has 1 atom stereocenters. The van der Waals surface area contributed by atoms with Gasteiger partial charge in [0.2, 0.25) is 0 Å². The second-order valence-electron chi connectivity index (χ2n) is 5.38. The van der Waals surface area contributed by atoms with Crippen LogP contribution in [0.3, 0.4) is 0 Å². The van der Waals surface area contributed by atoms with Gasteiger partial charge in [0, 0.05) is 17.8 Å². The van der Waals surface area contributed by atoms with Crippen LogP contribution in [0.1, 0.15) is 40.9 Å². The molecule has 0 fully saturated rings. The maximum Gasteiger partial charge on any atom is 0.271 e. The Bertz CT molecular complexity index is 896. The first-order valence-electron chi connectivity index (χ1n) is 7.42. The van der Waals surface area contributed by atoms with E-state index in [1.807, 2.05) is 38.1 Å². The summed E-state index contributed by atoms with van der Waals surface area (Å²) in [6.07, 6.45) is 3.72. The highest BCUT2D eigenvalue weighted by atomic mass is 32.1. The fourth-order valence-electron chi connectivity index (χ4n) is 2.44. The zero-order chi connectivity index (χ0) is 16.4. The van der Waals surface area contributed by atoms with Crippen LogP contribution in [0.25, 0.3) is 4.96 Å². The van der Waals surface area contributed by atoms with Gasteiger partial charge >= 0.3 is 0 Å². The van der Waals surface area contributed by atoms with E-state index in [0.717, 1.165) is 12.0 Å². The summed E-state index contributed by atoms with van der Waals surface area (Å²) in [6, 6.07) is 7.88. The summed E-state index contributed by atoms with van der Waals surface area (Å²) in [5, 5.41) is 4.70. The molecule has 0 radical (unpaired) electrons. The Hall–Kier alpha value is -2.47. The van der Waals surface area contributed by atoms with Gasteiger partial charge in [0.1, 0.15) is 5.56 Å². The van der Waals surface area contributed by atoms with Crippen molar-refractivity contribution in [3.8, 4) is 0 Å². The Morgan fingerprint density at radius 3 is 2.78 bits per heavy atom. The standard InChI is InChI=1S/C17H17N3O2S/c1-3-14(12-6-4-11(2)5-7-12)19-15(21)13-10-18-17-20(16(13)22)8-9-23-17/h4-10,14H,3H2,1-2H3,(H,19,21). The molecule has 0 saturated carbocycles. The highest BCUT2D eigenvalue weighted by molar-refractivity contribution is 7.15. The van der Waals surface area contributed by atoms with E-state index in [1.165, 1.54) is 27.5 Å². The number of hydrogen-bond donors (Lipinski definition) is 1. The lowest BCUT2D eigenvalue weighted by atomic mass is 10.0. The molecule has 118 valence electrons. The summed E-state index contributed by atoms with van der Waals surface area (Å²) in [5.41, 5.74) is 1.91. The van der Waals surface area contributed by atoms with E-state index in [4.69, 9.17) is 0 Å². The number of nitrogens with zero attached hydrogens (tertiary/aromatic N) is 2. The number of hydrogen-bond acceptors (Lipinski definition) is 4. The quantitative estimate of drug-likeness (QED) is 0.801. The molecule has 5 nitrogen and oxygen atoms in total. The summed E-state index contributed by atoms with van der Waals surface area (Å²) in [6.45, 7) is 4.02. The second kappa shape index (κ2) is 6.34. The number of thiazole rings is 1.